The monoisotopic (exact) mass is 315 g/mol. The molecule has 0 aromatic heterocycles. The van der Waals surface area contributed by atoms with E-state index in [4.69, 9.17) is 16.7 Å². The van der Waals surface area contributed by atoms with E-state index in [9.17, 15) is 9.59 Å². The first kappa shape index (κ1) is 16.9. The highest BCUT2D eigenvalue weighted by Crippen LogP contribution is 2.25. The largest absolute Gasteiger partial charge is 0.480 e. The maximum Gasteiger partial charge on any atom is 0.323 e. The number of nitrogens with zero attached hydrogens (tertiary/aromatic N) is 1. The van der Waals surface area contributed by atoms with E-state index in [1.165, 1.54) is 16.7 Å². The van der Waals surface area contributed by atoms with Gasteiger partial charge in [0.15, 0.2) is 0 Å². The highest BCUT2D eigenvalue weighted by molar-refractivity contribution is 7.98. The van der Waals surface area contributed by atoms with Crippen LogP contribution in [0.2, 0.25) is 5.02 Å². The lowest BCUT2D eigenvalue weighted by Crippen LogP contribution is -2.42. The fourth-order valence-electron chi connectivity index (χ4n) is 1.74. The van der Waals surface area contributed by atoms with Crippen molar-refractivity contribution in [2.24, 2.45) is 0 Å². The Hall–Kier alpha value is -1.20. The van der Waals surface area contributed by atoms with Crippen LogP contribution in [-0.4, -0.2) is 40.7 Å². The summed E-state index contributed by atoms with van der Waals surface area (Å²) in [5.74, 6) is -1.38. The number of amides is 1. The van der Waals surface area contributed by atoms with Crippen molar-refractivity contribution in [2.45, 2.75) is 31.2 Å². The molecule has 0 spiro atoms. The van der Waals surface area contributed by atoms with Crippen LogP contribution in [0.5, 0.6) is 0 Å². The molecule has 0 heterocycles. The molecule has 0 aliphatic carbocycles. The Bertz CT molecular complexity index is 507. The summed E-state index contributed by atoms with van der Waals surface area (Å²) in [5, 5.41) is 9.30. The van der Waals surface area contributed by atoms with Gasteiger partial charge in [0, 0.05) is 10.9 Å². The molecular formula is C14H18ClNO3S. The third-order valence-electron chi connectivity index (χ3n) is 3.09. The first-order chi connectivity index (χ1) is 9.40. The summed E-state index contributed by atoms with van der Waals surface area (Å²) in [4.78, 5) is 25.7. The Morgan fingerprint density at radius 1 is 1.45 bits per heavy atom. The fraction of sp³-hybridized carbons (Fsp3) is 0.429. The Labute approximate surface area is 128 Å². The molecule has 6 heteroatoms. The molecular weight excluding hydrogens is 298 g/mol. The molecule has 0 radical (unpaired) electrons. The second kappa shape index (κ2) is 7.55. The van der Waals surface area contributed by atoms with Gasteiger partial charge in [-0.25, -0.2) is 0 Å². The zero-order chi connectivity index (χ0) is 15.3. The predicted molar refractivity (Wildman–Crippen MR) is 81.7 cm³/mol. The summed E-state index contributed by atoms with van der Waals surface area (Å²) in [6, 6.07) is 5.03. The van der Waals surface area contributed by atoms with Crippen LogP contribution in [0.4, 0.5) is 0 Å². The quantitative estimate of drug-likeness (QED) is 0.818. The zero-order valence-electron chi connectivity index (χ0n) is 11.7. The highest BCUT2D eigenvalue weighted by atomic mass is 35.5. The third-order valence-corrected chi connectivity index (χ3v) is 4.15. The van der Waals surface area contributed by atoms with E-state index in [0.717, 1.165) is 4.90 Å². The minimum absolute atomic E-state index is 0.160. The van der Waals surface area contributed by atoms with Crippen molar-refractivity contribution < 1.29 is 14.7 Å². The van der Waals surface area contributed by atoms with E-state index in [2.05, 4.69) is 0 Å². The summed E-state index contributed by atoms with van der Waals surface area (Å²) < 4.78 is 0. The van der Waals surface area contributed by atoms with Crippen LogP contribution in [0.1, 0.15) is 30.6 Å². The van der Waals surface area contributed by atoms with Crippen molar-refractivity contribution in [3.05, 3.63) is 28.8 Å². The van der Waals surface area contributed by atoms with Gasteiger partial charge < -0.3 is 10.0 Å². The van der Waals surface area contributed by atoms with Crippen molar-refractivity contribution in [1.82, 2.24) is 4.90 Å². The number of thioether (sulfide) groups is 1. The van der Waals surface area contributed by atoms with E-state index in [1.807, 2.05) is 26.2 Å². The number of aliphatic carboxylic acids is 1. The van der Waals surface area contributed by atoms with Crippen LogP contribution in [0, 0.1) is 0 Å². The summed E-state index contributed by atoms with van der Waals surface area (Å²) >= 11 is 7.58. The standard InChI is InChI=1S/C14H18ClNO3S/c1-4-9(2)16(8-13(17)18)14(19)11-7-10(20-3)5-6-12(11)15/h5-7,9H,4,8H2,1-3H3,(H,17,18). The Morgan fingerprint density at radius 3 is 2.60 bits per heavy atom. The van der Waals surface area contributed by atoms with Gasteiger partial charge in [0.05, 0.1) is 10.6 Å². The smallest absolute Gasteiger partial charge is 0.323 e. The minimum Gasteiger partial charge on any atom is -0.480 e. The molecule has 4 nitrogen and oxygen atoms in total. The second-order valence-corrected chi connectivity index (χ2v) is 5.72. The van der Waals surface area contributed by atoms with Crippen molar-refractivity contribution in [3.8, 4) is 0 Å². The lowest BCUT2D eigenvalue weighted by atomic mass is 10.1. The first-order valence-corrected chi connectivity index (χ1v) is 7.87. The molecule has 0 bridgehead atoms. The van der Waals surface area contributed by atoms with Crippen LogP contribution >= 0.6 is 23.4 Å². The van der Waals surface area contributed by atoms with Gasteiger partial charge in [-0.15, -0.1) is 11.8 Å². The van der Waals surface area contributed by atoms with E-state index in [0.29, 0.717) is 17.0 Å². The topological polar surface area (TPSA) is 57.6 Å². The maximum absolute atomic E-state index is 12.5. The van der Waals surface area contributed by atoms with E-state index >= 15 is 0 Å². The van der Waals surface area contributed by atoms with Crippen molar-refractivity contribution in [1.29, 1.82) is 0 Å². The number of carboxylic acid groups (broad SMARTS) is 1. The third kappa shape index (κ3) is 4.15. The van der Waals surface area contributed by atoms with Crippen molar-refractivity contribution in [3.63, 3.8) is 0 Å². The van der Waals surface area contributed by atoms with Gasteiger partial charge in [-0.2, -0.15) is 0 Å². The fourth-order valence-corrected chi connectivity index (χ4v) is 2.38. The SMILES string of the molecule is CCC(C)N(CC(=O)O)C(=O)c1cc(SC)ccc1Cl. The van der Waals surface area contributed by atoms with Gasteiger partial charge in [0.1, 0.15) is 6.54 Å². The van der Waals surface area contributed by atoms with Crippen LogP contribution in [0.25, 0.3) is 0 Å². The number of halogens is 1. The molecule has 0 fully saturated rings. The van der Waals surface area contributed by atoms with Gasteiger partial charge >= 0.3 is 5.97 Å². The maximum atomic E-state index is 12.5. The lowest BCUT2D eigenvalue weighted by Gasteiger charge is -2.27. The number of benzene rings is 1. The minimum atomic E-state index is -1.03. The predicted octanol–water partition coefficient (Wildman–Crippen LogP) is 3.39. The number of carboxylic acids is 1. The summed E-state index contributed by atoms with van der Waals surface area (Å²) in [6.45, 7) is 3.41. The number of rotatable bonds is 6. The van der Waals surface area contributed by atoms with Gasteiger partial charge in [-0.3, -0.25) is 9.59 Å². The molecule has 20 heavy (non-hydrogen) atoms. The van der Waals surface area contributed by atoms with Gasteiger partial charge in [0.2, 0.25) is 0 Å². The van der Waals surface area contributed by atoms with E-state index < -0.39 is 5.97 Å². The van der Waals surface area contributed by atoms with Gasteiger partial charge in [0.25, 0.3) is 5.91 Å². The summed E-state index contributed by atoms with van der Waals surface area (Å²) in [6.07, 6.45) is 2.58. The first-order valence-electron chi connectivity index (χ1n) is 6.27. The second-order valence-electron chi connectivity index (χ2n) is 4.43. The molecule has 1 aromatic carbocycles. The number of hydrogen-bond acceptors (Lipinski definition) is 3. The molecule has 1 N–H and O–H groups in total. The van der Waals surface area contributed by atoms with Crippen LogP contribution in [-0.2, 0) is 4.79 Å². The molecule has 110 valence electrons. The van der Waals surface area contributed by atoms with E-state index in [1.54, 1.807) is 12.1 Å². The molecule has 0 aliphatic rings. The average molecular weight is 316 g/mol. The molecule has 1 unspecified atom stereocenters. The van der Waals surface area contributed by atoms with Crippen LogP contribution < -0.4 is 0 Å². The molecule has 1 rings (SSSR count). The number of carbonyl (C=O) groups is 2. The van der Waals surface area contributed by atoms with Crippen LogP contribution in [0.3, 0.4) is 0 Å². The average Bonchev–Trinajstić information content (AvgIpc) is 2.43. The van der Waals surface area contributed by atoms with Gasteiger partial charge in [-0.1, -0.05) is 18.5 Å². The Kier molecular flexibility index (Phi) is 6.36. The number of hydrogen-bond donors (Lipinski definition) is 1. The molecule has 1 amide bonds. The zero-order valence-corrected chi connectivity index (χ0v) is 13.3. The molecule has 1 aromatic rings. The number of carbonyl (C=O) groups excluding carboxylic acids is 1. The summed E-state index contributed by atoms with van der Waals surface area (Å²) in [7, 11) is 0. The lowest BCUT2D eigenvalue weighted by molar-refractivity contribution is -0.138. The normalized spacial score (nSPS) is 12.0. The van der Waals surface area contributed by atoms with Crippen molar-refractivity contribution in [2.75, 3.05) is 12.8 Å². The van der Waals surface area contributed by atoms with E-state index in [-0.39, 0.29) is 18.5 Å². The molecule has 1 atom stereocenters. The van der Waals surface area contributed by atoms with Crippen molar-refractivity contribution >= 4 is 35.2 Å². The summed E-state index contributed by atoms with van der Waals surface area (Å²) in [5.41, 5.74) is 0.347. The molecule has 0 saturated heterocycles. The Morgan fingerprint density at radius 2 is 2.10 bits per heavy atom. The Balaban J connectivity index is 3.14. The van der Waals surface area contributed by atoms with Crippen LogP contribution in [0.15, 0.2) is 23.1 Å². The molecule has 0 saturated carbocycles. The highest BCUT2D eigenvalue weighted by Gasteiger charge is 2.24. The molecule has 0 aliphatic heterocycles. The van der Waals surface area contributed by atoms with Gasteiger partial charge in [-0.05, 0) is 37.8 Å².